The third-order valence-corrected chi connectivity index (χ3v) is 5.95. The van der Waals surface area contributed by atoms with Crippen LogP contribution in [0.5, 0.6) is 0 Å². The molecule has 0 bridgehead atoms. The molecule has 1 aromatic carbocycles. The Hall–Kier alpha value is -3.06. The molecule has 156 valence electrons. The van der Waals surface area contributed by atoms with E-state index in [4.69, 9.17) is 0 Å². The Morgan fingerprint density at radius 2 is 1.70 bits per heavy atom. The minimum Gasteiger partial charge on any atom is -0.393 e. The Morgan fingerprint density at radius 3 is 2.40 bits per heavy atom. The summed E-state index contributed by atoms with van der Waals surface area (Å²) in [5.74, 6) is -0.432. The highest BCUT2D eigenvalue weighted by Gasteiger charge is 2.24. The number of nitrogens with zero attached hydrogens (tertiary/aromatic N) is 3. The average molecular weight is 406 g/mol. The summed E-state index contributed by atoms with van der Waals surface area (Å²) in [7, 11) is 0. The lowest BCUT2D eigenvalue weighted by Gasteiger charge is -2.27. The number of anilines is 1. The Balaban J connectivity index is 1.63. The second kappa shape index (κ2) is 7.99. The molecule has 2 heterocycles. The number of rotatable bonds is 3. The summed E-state index contributed by atoms with van der Waals surface area (Å²) < 4.78 is 1.64. The lowest BCUT2D eigenvalue weighted by Crippen LogP contribution is -2.34. The van der Waals surface area contributed by atoms with Gasteiger partial charge in [-0.25, -0.2) is 9.97 Å². The van der Waals surface area contributed by atoms with Crippen LogP contribution in [0.3, 0.4) is 0 Å². The number of pyridine rings is 1. The Bertz CT molecular complexity index is 1180. The van der Waals surface area contributed by atoms with E-state index in [2.05, 4.69) is 15.3 Å². The van der Waals surface area contributed by atoms with Crippen molar-refractivity contribution in [3.63, 3.8) is 0 Å². The van der Waals surface area contributed by atoms with Crippen LogP contribution in [-0.4, -0.2) is 31.7 Å². The highest BCUT2D eigenvalue weighted by molar-refractivity contribution is 6.05. The number of fused-ring (bicyclic) bond motifs is 1. The van der Waals surface area contributed by atoms with Gasteiger partial charge in [-0.3, -0.25) is 9.59 Å². The van der Waals surface area contributed by atoms with Crippen molar-refractivity contribution >= 4 is 22.6 Å². The molecule has 2 N–H and O–H groups in total. The van der Waals surface area contributed by atoms with E-state index in [0.717, 1.165) is 29.7 Å². The van der Waals surface area contributed by atoms with Crippen molar-refractivity contribution in [3.05, 3.63) is 63.3 Å². The molecule has 0 unspecified atom stereocenters. The van der Waals surface area contributed by atoms with Crippen LogP contribution in [0, 0.1) is 20.8 Å². The molecule has 1 saturated carbocycles. The monoisotopic (exact) mass is 406 g/mol. The van der Waals surface area contributed by atoms with E-state index >= 15 is 0 Å². The standard InChI is InChI=1S/C23H26N4O3/c1-13-10-11-27(17-5-7-18(28)8-6-17)23(30)21(13)22(29)26-16-4-9-19-20(12-16)25-15(3)14(2)24-19/h4,9-12,17-18,28H,5-8H2,1-3H3,(H,26,29). The molecule has 1 fully saturated rings. The molecule has 1 aliphatic rings. The minimum atomic E-state index is -0.432. The number of hydrogen-bond donors (Lipinski definition) is 2. The smallest absolute Gasteiger partial charge is 0.263 e. The van der Waals surface area contributed by atoms with E-state index in [1.165, 1.54) is 0 Å². The maximum atomic E-state index is 13.1. The molecule has 7 nitrogen and oxygen atoms in total. The highest BCUT2D eigenvalue weighted by Crippen LogP contribution is 2.27. The molecular weight excluding hydrogens is 380 g/mol. The molecule has 3 aromatic rings. The molecule has 30 heavy (non-hydrogen) atoms. The maximum Gasteiger partial charge on any atom is 0.263 e. The first-order valence-electron chi connectivity index (χ1n) is 10.3. The predicted molar refractivity (Wildman–Crippen MR) is 116 cm³/mol. The van der Waals surface area contributed by atoms with Gasteiger partial charge in [-0.1, -0.05) is 0 Å². The number of amides is 1. The fourth-order valence-corrected chi connectivity index (χ4v) is 4.04. The average Bonchev–Trinajstić information content (AvgIpc) is 2.70. The van der Waals surface area contributed by atoms with Gasteiger partial charge in [0.05, 0.1) is 28.5 Å². The zero-order valence-electron chi connectivity index (χ0n) is 17.5. The third kappa shape index (κ3) is 3.85. The van der Waals surface area contributed by atoms with Gasteiger partial charge in [0.25, 0.3) is 11.5 Å². The lowest BCUT2D eigenvalue weighted by molar-refractivity contribution is 0.101. The summed E-state index contributed by atoms with van der Waals surface area (Å²) in [5.41, 5.74) is 4.22. The van der Waals surface area contributed by atoms with Crippen molar-refractivity contribution in [2.75, 3.05) is 5.32 Å². The molecule has 0 spiro atoms. The van der Waals surface area contributed by atoms with E-state index in [1.54, 1.807) is 35.9 Å². The van der Waals surface area contributed by atoms with Gasteiger partial charge >= 0.3 is 0 Å². The zero-order valence-corrected chi connectivity index (χ0v) is 17.5. The second-order valence-electron chi connectivity index (χ2n) is 8.10. The second-order valence-corrected chi connectivity index (χ2v) is 8.10. The van der Waals surface area contributed by atoms with Gasteiger partial charge in [0.15, 0.2) is 0 Å². The number of hydrogen-bond acceptors (Lipinski definition) is 5. The van der Waals surface area contributed by atoms with Crippen molar-refractivity contribution in [2.45, 2.75) is 58.6 Å². The molecule has 1 amide bonds. The summed E-state index contributed by atoms with van der Waals surface area (Å²) in [6, 6.07) is 7.16. The van der Waals surface area contributed by atoms with Crippen LogP contribution in [-0.2, 0) is 0 Å². The molecular formula is C23H26N4O3. The summed E-state index contributed by atoms with van der Waals surface area (Å²) in [6.07, 6.45) is 4.26. The van der Waals surface area contributed by atoms with Gasteiger partial charge in [-0.15, -0.1) is 0 Å². The van der Waals surface area contributed by atoms with Crippen molar-refractivity contribution in [2.24, 2.45) is 0 Å². The number of aryl methyl sites for hydroxylation is 3. The maximum absolute atomic E-state index is 13.1. The molecule has 0 radical (unpaired) electrons. The molecule has 0 aliphatic heterocycles. The van der Waals surface area contributed by atoms with Gasteiger partial charge < -0.3 is 15.0 Å². The van der Waals surface area contributed by atoms with Crippen LogP contribution in [0.25, 0.3) is 11.0 Å². The van der Waals surface area contributed by atoms with Gasteiger partial charge in [0.2, 0.25) is 0 Å². The number of aromatic nitrogens is 3. The van der Waals surface area contributed by atoms with Crippen molar-refractivity contribution < 1.29 is 9.90 Å². The Kier molecular flexibility index (Phi) is 5.39. The molecule has 0 saturated heterocycles. The van der Waals surface area contributed by atoms with Crippen molar-refractivity contribution in [1.82, 2.24) is 14.5 Å². The lowest BCUT2D eigenvalue weighted by atomic mass is 9.92. The van der Waals surface area contributed by atoms with E-state index in [-0.39, 0.29) is 23.3 Å². The fourth-order valence-electron chi connectivity index (χ4n) is 4.04. The van der Waals surface area contributed by atoms with Crippen LogP contribution in [0.4, 0.5) is 5.69 Å². The summed E-state index contributed by atoms with van der Waals surface area (Å²) in [5, 5.41) is 12.6. The zero-order chi connectivity index (χ0) is 21.4. The summed E-state index contributed by atoms with van der Waals surface area (Å²) >= 11 is 0. The third-order valence-electron chi connectivity index (χ3n) is 5.95. The SMILES string of the molecule is Cc1ccn(C2CCC(O)CC2)c(=O)c1C(=O)Nc1ccc2nc(C)c(C)nc2c1. The molecule has 0 atom stereocenters. The quantitative estimate of drug-likeness (QED) is 0.694. The minimum absolute atomic E-state index is 0.00945. The van der Waals surface area contributed by atoms with Crippen LogP contribution >= 0.6 is 0 Å². The molecule has 7 heteroatoms. The van der Waals surface area contributed by atoms with E-state index in [9.17, 15) is 14.7 Å². The fraction of sp³-hybridized carbons (Fsp3) is 0.391. The molecule has 2 aromatic heterocycles. The number of benzene rings is 1. The number of aliphatic hydroxyl groups excluding tert-OH is 1. The first-order chi connectivity index (χ1) is 14.3. The van der Waals surface area contributed by atoms with Gasteiger partial charge in [-0.05, 0) is 76.3 Å². The number of aliphatic hydroxyl groups is 1. The summed E-state index contributed by atoms with van der Waals surface area (Å²) in [4.78, 5) is 35.1. The normalized spacial score (nSPS) is 19.1. The predicted octanol–water partition coefficient (Wildman–Crippen LogP) is 3.45. The van der Waals surface area contributed by atoms with Gasteiger partial charge in [0, 0.05) is 17.9 Å². The van der Waals surface area contributed by atoms with Crippen molar-refractivity contribution in [1.29, 1.82) is 0 Å². The first kappa shape index (κ1) is 20.2. The van der Waals surface area contributed by atoms with Crippen LogP contribution in [0.2, 0.25) is 0 Å². The summed E-state index contributed by atoms with van der Waals surface area (Å²) in [6.45, 7) is 5.57. The number of nitrogens with one attached hydrogen (secondary N) is 1. The van der Waals surface area contributed by atoms with Crippen LogP contribution in [0.1, 0.15) is 59.0 Å². The van der Waals surface area contributed by atoms with E-state index in [0.29, 0.717) is 29.6 Å². The largest absolute Gasteiger partial charge is 0.393 e. The Labute approximate surface area is 174 Å². The topological polar surface area (TPSA) is 97.1 Å². The molecule has 4 rings (SSSR count). The Morgan fingerprint density at radius 1 is 1.03 bits per heavy atom. The van der Waals surface area contributed by atoms with Crippen LogP contribution in [0.15, 0.2) is 35.3 Å². The van der Waals surface area contributed by atoms with E-state index < -0.39 is 5.91 Å². The van der Waals surface area contributed by atoms with Gasteiger partial charge in [0.1, 0.15) is 5.56 Å². The first-order valence-corrected chi connectivity index (χ1v) is 10.3. The highest BCUT2D eigenvalue weighted by atomic mass is 16.3. The van der Waals surface area contributed by atoms with Crippen LogP contribution < -0.4 is 10.9 Å². The van der Waals surface area contributed by atoms with Crippen molar-refractivity contribution in [3.8, 4) is 0 Å². The number of carbonyl (C=O) groups excluding carboxylic acids is 1. The number of carbonyl (C=O) groups is 1. The van der Waals surface area contributed by atoms with E-state index in [1.807, 2.05) is 19.9 Å². The molecule has 1 aliphatic carbocycles. The van der Waals surface area contributed by atoms with Gasteiger partial charge in [-0.2, -0.15) is 0 Å².